The first-order chi connectivity index (χ1) is 30.8. The fraction of sp³-hybridized carbons (Fsp3) is 0. The minimum Gasteiger partial charge on any atom is -0.310 e. The lowest BCUT2D eigenvalue weighted by Crippen LogP contribution is -2.11. The molecule has 11 rings (SSSR count). The average Bonchev–Trinajstić information content (AvgIpc) is 3.69. The van der Waals surface area contributed by atoms with Crippen LogP contribution < -0.4 is 4.90 Å². The highest BCUT2D eigenvalue weighted by Gasteiger charge is 2.23. The molecule has 10 aromatic carbocycles. The van der Waals surface area contributed by atoms with Gasteiger partial charge >= 0.3 is 0 Å². The molecule has 0 amide bonds. The van der Waals surface area contributed by atoms with Crippen LogP contribution in [0, 0.1) is 0 Å². The van der Waals surface area contributed by atoms with Crippen molar-refractivity contribution >= 4 is 38.9 Å². The van der Waals surface area contributed by atoms with Crippen LogP contribution in [0.15, 0.2) is 255 Å². The highest BCUT2D eigenvalue weighted by Crippen LogP contribution is 2.48. The standard InChI is InChI=1S/C60H42N2/c1-5-21-43(22-6-1)50-31-13-14-34-54(50)60-51(44-23-7-2-8-24-44)35-20-36-55(60)52-32-15-17-37-57(52)61(47-26-9-3-10-27-47)49-30-19-25-45(41-49)46-39-40-59-56(42-46)53-33-16-18-38-58(53)62(59)48-28-11-4-12-29-48/h1-42H. The summed E-state index contributed by atoms with van der Waals surface area (Å²) in [5.41, 5.74) is 18.6. The van der Waals surface area contributed by atoms with Gasteiger partial charge in [0, 0.05) is 33.4 Å². The Morgan fingerprint density at radius 1 is 0.274 bits per heavy atom. The fourth-order valence-electron chi connectivity index (χ4n) is 9.23. The second-order valence-corrected chi connectivity index (χ2v) is 15.7. The largest absolute Gasteiger partial charge is 0.310 e. The SMILES string of the molecule is c1ccc(-c2ccccc2-c2c(-c3ccccc3)cccc2-c2ccccc2N(c2ccccc2)c2cccc(-c3ccc4c(c3)c3ccccc3n4-c3ccccc3)c2)cc1. The van der Waals surface area contributed by atoms with Crippen LogP contribution in [0.3, 0.4) is 0 Å². The molecule has 0 saturated carbocycles. The zero-order chi connectivity index (χ0) is 41.2. The molecular weight excluding hydrogens is 749 g/mol. The van der Waals surface area contributed by atoms with Crippen molar-refractivity contribution in [1.29, 1.82) is 0 Å². The first-order valence-corrected chi connectivity index (χ1v) is 21.3. The molecule has 0 aliphatic carbocycles. The lowest BCUT2D eigenvalue weighted by Gasteiger charge is -2.29. The number of nitrogens with zero attached hydrogens (tertiary/aromatic N) is 2. The predicted octanol–water partition coefficient (Wildman–Crippen LogP) is 16.6. The van der Waals surface area contributed by atoms with Crippen molar-refractivity contribution < 1.29 is 0 Å². The Bertz CT molecular complexity index is 3330. The van der Waals surface area contributed by atoms with Gasteiger partial charge in [-0.15, -0.1) is 0 Å². The number of para-hydroxylation sites is 4. The van der Waals surface area contributed by atoms with E-state index >= 15 is 0 Å². The van der Waals surface area contributed by atoms with Crippen molar-refractivity contribution in [2.45, 2.75) is 0 Å². The summed E-state index contributed by atoms with van der Waals surface area (Å²) in [6.07, 6.45) is 0. The monoisotopic (exact) mass is 790 g/mol. The highest BCUT2D eigenvalue weighted by molar-refractivity contribution is 6.10. The van der Waals surface area contributed by atoms with E-state index < -0.39 is 0 Å². The van der Waals surface area contributed by atoms with Gasteiger partial charge < -0.3 is 9.47 Å². The third-order valence-corrected chi connectivity index (χ3v) is 12.0. The molecule has 0 N–H and O–H groups in total. The molecule has 2 nitrogen and oxygen atoms in total. The summed E-state index contributed by atoms with van der Waals surface area (Å²) in [4.78, 5) is 2.42. The molecule has 11 aromatic rings. The summed E-state index contributed by atoms with van der Waals surface area (Å²) in [6.45, 7) is 0. The van der Waals surface area contributed by atoms with E-state index in [0.29, 0.717) is 0 Å². The van der Waals surface area contributed by atoms with Crippen LogP contribution in [0.25, 0.3) is 83.1 Å². The van der Waals surface area contributed by atoms with Crippen LogP contribution in [-0.4, -0.2) is 4.57 Å². The number of hydrogen-bond acceptors (Lipinski definition) is 1. The van der Waals surface area contributed by atoms with Gasteiger partial charge in [0.15, 0.2) is 0 Å². The molecule has 0 radical (unpaired) electrons. The molecule has 62 heavy (non-hydrogen) atoms. The Hall–Kier alpha value is -8.20. The highest BCUT2D eigenvalue weighted by atomic mass is 15.1. The minimum absolute atomic E-state index is 1.08. The molecule has 0 unspecified atom stereocenters. The second-order valence-electron chi connectivity index (χ2n) is 15.7. The van der Waals surface area contributed by atoms with Crippen molar-refractivity contribution in [3.63, 3.8) is 0 Å². The summed E-state index contributed by atoms with van der Waals surface area (Å²) in [6, 6.07) is 92.1. The molecule has 2 heteroatoms. The molecule has 292 valence electrons. The quantitative estimate of drug-likeness (QED) is 0.141. The lowest BCUT2D eigenvalue weighted by atomic mass is 9.84. The lowest BCUT2D eigenvalue weighted by molar-refractivity contribution is 1.18. The van der Waals surface area contributed by atoms with Gasteiger partial charge in [0.05, 0.1) is 16.7 Å². The normalized spacial score (nSPS) is 11.2. The van der Waals surface area contributed by atoms with E-state index in [1.807, 2.05) is 0 Å². The second kappa shape index (κ2) is 16.1. The number of rotatable bonds is 9. The van der Waals surface area contributed by atoms with Crippen molar-refractivity contribution in [2.24, 2.45) is 0 Å². The first kappa shape index (κ1) is 36.8. The molecule has 0 spiro atoms. The Morgan fingerprint density at radius 3 is 1.53 bits per heavy atom. The number of anilines is 3. The Morgan fingerprint density at radius 2 is 0.774 bits per heavy atom. The van der Waals surface area contributed by atoms with Crippen LogP contribution in [0.5, 0.6) is 0 Å². The summed E-state index contributed by atoms with van der Waals surface area (Å²) in [5.74, 6) is 0. The molecule has 1 heterocycles. The molecular formula is C60H42N2. The minimum atomic E-state index is 1.08. The molecule has 0 aliphatic rings. The zero-order valence-corrected chi connectivity index (χ0v) is 34.1. The van der Waals surface area contributed by atoms with E-state index in [4.69, 9.17) is 0 Å². The number of benzene rings is 10. The molecule has 0 fully saturated rings. The van der Waals surface area contributed by atoms with Crippen molar-refractivity contribution in [1.82, 2.24) is 4.57 Å². The maximum absolute atomic E-state index is 2.42. The van der Waals surface area contributed by atoms with Crippen LogP contribution in [-0.2, 0) is 0 Å². The van der Waals surface area contributed by atoms with Gasteiger partial charge in [0.1, 0.15) is 0 Å². The van der Waals surface area contributed by atoms with Crippen LogP contribution in [0.1, 0.15) is 0 Å². The van der Waals surface area contributed by atoms with E-state index in [2.05, 4.69) is 264 Å². The summed E-state index contributed by atoms with van der Waals surface area (Å²) >= 11 is 0. The van der Waals surface area contributed by atoms with E-state index in [0.717, 1.165) is 33.9 Å². The molecule has 0 saturated heterocycles. The van der Waals surface area contributed by atoms with Gasteiger partial charge in [0.25, 0.3) is 0 Å². The first-order valence-electron chi connectivity index (χ1n) is 21.3. The Labute approximate surface area is 362 Å². The topological polar surface area (TPSA) is 8.17 Å². The van der Waals surface area contributed by atoms with E-state index in [-0.39, 0.29) is 0 Å². The van der Waals surface area contributed by atoms with Crippen LogP contribution in [0.2, 0.25) is 0 Å². The van der Waals surface area contributed by atoms with Crippen molar-refractivity contribution in [3.05, 3.63) is 255 Å². The zero-order valence-electron chi connectivity index (χ0n) is 34.1. The van der Waals surface area contributed by atoms with Crippen LogP contribution in [0.4, 0.5) is 17.1 Å². The molecule has 0 aliphatic heterocycles. The van der Waals surface area contributed by atoms with E-state index in [9.17, 15) is 0 Å². The number of aromatic nitrogens is 1. The van der Waals surface area contributed by atoms with Gasteiger partial charge in [-0.3, -0.25) is 0 Å². The molecule has 0 atom stereocenters. The van der Waals surface area contributed by atoms with Gasteiger partial charge in [-0.1, -0.05) is 194 Å². The molecule has 0 bridgehead atoms. The van der Waals surface area contributed by atoms with E-state index in [1.165, 1.54) is 66.3 Å². The Balaban J connectivity index is 1.10. The van der Waals surface area contributed by atoms with E-state index in [1.54, 1.807) is 0 Å². The van der Waals surface area contributed by atoms with Gasteiger partial charge in [-0.2, -0.15) is 0 Å². The van der Waals surface area contributed by atoms with Crippen LogP contribution >= 0.6 is 0 Å². The predicted molar refractivity (Wildman–Crippen MR) is 263 cm³/mol. The van der Waals surface area contributed by atoms with Gasteiger partial charge in [-0.25, -0.2) is 0 Å². The van der Waals surface area contributed by atoms with Gasteiger partial charge in [-0.05, 0) is 111 Å². The number of fused-ring (bicyclic) bond motifs is 3. The summed E-state index contributed by atoms with van der Waals surface area (Å²) < 4.78 is 2.37. The third kappa shape index (κ3) is 6.65. The maximum atomic E-state index is 2.42. The maximum Gasteiger partial charge on any atom is 0.0541 e. The summed E-state index contributed by atoms with van der Waals surface area (Å²) in [7, 11) is 0. The van der Waals surface area contributed by atoms with Gasteiger partial charge in [0.2, 0.25) is 0 Å². The van der Waals surface area contributed by atoms with Crippen molar-refractivity contribution in [2.75, 3.05) is 4.90 Å². The van der Waals surface area contributed by atoms with Crippen molar-refractivity contribution in [3.8, 4) is 61.3 Å². The fourth-order valence-corrected chi connectivity index (χ4v) is 9.23. The Kier molecular flexibility index (Phi) is 9.57. The summed E-state index contributed by atoms with van der Waals surface area (Å²) in [5, 5.41) is 2.48. The number of hydrogen-bond donors (Lipinski definition) is 0. The average molecular weight is 791 g/mol. The third-order valence-electron chi connectivity index (χ3n) is 12.0. The smallest absolute Gasteiger partial charge is 0.0541 e. The molecule has 1 aromatic heterocycles.